The maximum absolute atomic E-state index is 11.8. The number of hydrogen-bond acceptors (Lipinski definition) is 6. The van der Waals surface area contributed by atoms with E-state index in [1.54, 1.807) is 25.1 Å². The summed E-state index contributed by atoms with van der Waals surface area (Å²) in [4.78, 5) is 35.1. The number of benzene rings is 1. The third-order valence-electron chi connectivity index (χ3n) is 3.27. The highest BCUT2D eigenvalue weighted by molar-refractivity contribution is 6.31. The molecule has 1 aromatic heterocycles. The molecule has 0 unspecified atom stereocenters. The van der Waals surface area contributed by atoms with E-state index in [9.17, 15) is 14.4 Å². The number of aryl methyl sites for hydroxylation is 2. The summed E-state index contributed by atoms with van der Waals surface area (Å²) < 4.78 is 9.60. The van der Waals surface area contributed by atoms with Gasteiger partial charge in [0.25, 0.3) is 5.91 Å². The summed E-state index contributed by atoms with van der Waals surface area (Å²) in [6.45, 7) is 3.06. The number of amides is 2. The number of aromatic nitrogens is 1. The molecule has 0 spiro atoms. The summed E-state index contributed by atoms with van der Waals surface area (Å²) in [5.41, 5.74) is 1.44. The minimum absolute atomic E-state index is 0.0750. The average Bonchev–Trinajstić information content (AvgIpc) is 2.99. The van der Waals surface area contributed by atoms with Crippen LogP contribution in [-0.4, -0.2) is 29.5 Å². The Bertz CT molecular complexity index is 818. The molecule has 0 aliphatic rings. The van der Waals surface area contributed by atoms with Crippen molar-refractivity contribution >= 4 is 40.9 Å². The molecule has 0 fully saturated rings. The predicted molar refractivity (Wildman–Crippen MR) is 94.9 cm³/mol. The minimum Gasteiger partial charge on any atom is -0.456 e. The van der Waals surface area contributed by atoms with Crippen molar-refractivity contribution in [2.45, 2.75) is 26.7 Å². The third kappa shape index (κ3) is 6.21. The molecule has 0 bridgehead atoms. The van der Waals surface area contributed by atoms with E-state index < -0.39 is 18.5 Å². The van der Waals surface area contributed by atoms with Crippen LogP contribution < -0.4 is 10.6 Å². The van der Waals surface area contributed by atoms with Crippen molar-refractivity contribution in [2.24, 2.45) is 0 Å². The van der Waals surface area contributed by atoms with E-state index in [0.717, 1.165) is 5.56 Å². The van der Waals surface area contributed by atoms with Crippen LogP contribution in [0.5, 0.6) is 0 Å². The highest BCUT2D eigenvalue weighted by atomic mass is 35.5. The number of nitrogens with one attached hydrogen (secondary N) is 2. The Balaban J connectivity index is 1.68. The van der Waals surface area contributed by atoms with E-state index in [1.165, 1.54) is 6.07 Å². The van der Waals surface area contributed by atoms with Crippen molar-refractivity contribution in [2.75, 3.05) is 17.2 Å². The lowest BCUT2D eigenvalue weighted by molar-refractivity contribution is -0.147. The lowest BCUT2D eigenvalue weighted by atomic mass is 10.2. The Labute approximate surface area is 154 Å². The van der Waals surface area contributed by atoms with Crippen molar-refractivity contribution in [3.05, 3.63) is 40.6 Å². The van der Waals surface area contributed by atoms with Gasteiger partial charge >= 0.3 is 5.97 Å². The van der Waals surface area contributed by atoms with Crippen LogP contribution in [0.15, 0.2) is 28.8 Å². The fourth-order valence-corrected chi connectivity index (χ4v) is 2.11. The van der Waals surface area contributed by atoms with Gasteiger partial charge in [0.2, 0.25) is 5.91 Å². The second kappa shape index (κ2) is 9.00. The van der Waals surface area contributed by atoms with Crippen LogP contribution >= 0.6 is 11.6 Å². The number of hydrogen-bond donors (Lipinski definition) is 2. The molecule has 2 amide bonds. The number of carbonyl (C=O) groups excluding carboxylic acids is 3. The number of esters is 1. The van der Waals surface area contributed by atoms with Crippen LogP contribution in [0.1, 0.15) is 24.2 Å². The largest absolute Gasteiger partial charge is 0.456 e. The first-order valence-electron chi connectivity index (χ1n) is 7.78. The van der Waals surface area contributed by atoms with Crippen molar-refractivity contribution in [1.29, 1.82) is 0 Å². The molecule has 26 heavy (non-hydrogen) atoms. The molecule has 0 aliphatic carbocycles. The lowest BCUT2D eigenvalue weighted by Gasteiger charge is -2.07. The molecule has 2 aromatic rings. The summed E-state index contributed by atoms with van der Waals surface area (Å²) in [5.74, 6) is -0.791. The molecule has 2 rings (SSSR count). The standard InChI is InChI=1S/C17H18ClN3O5/c1-10-3-4-12(8-13(10)18)19-15(22)5-6-17(24)25-9-16(23)20-14-7-11(2)26-21-14/h3-4,7-8H,5-6,9H2,1-2H3,(H,19,22)(H,20,21,23). The van der Waals surface area contributed by atoms with Crippen molar-refractivity contribution < 1.29 is 23.6 Å². The van der Waals surface area contributed by atoms with Gasteiger partial charge in [-0.25, -0.2) is 0 Å². The van der Waals surface area contributed by atoms with Gasteiger partial charge in [-0.3, -0.25) is 14.4 Å². The third-order valence-corrected chi connectivity index (χ3v) is 3.68. The van der Waals surface area contributed by atoms with Gasteiger partial charge in [-0.2, -0.15) is 0 Å². The SMILES string of the molecule is Cc1cc(NC(=O)COC(=O)CCC(=O)Nc2ccc(C)c(Cl)c2)no1. The van der Waals surface area contributed by atoms with Crippen LogP contribution in [0.2, 0.25) is 5.02 Å². The van der Waals surface area contributed by atoms with E-state index in [1.807, 2.05) is 6.92 Å². The zero-order valence-corrected chi connectivity index (χ0v) is 15.1. The Morgan fingerprint density at radius 3 is 2.54 bits per heavy atom. The van der Waals surface area contributed by atoms with Gasteiger partial charge in [0.15, 0.2) is 12.4 Å². The number of halogens is 1. The molecule has 8 nitrogen and oxygen atoms in total. The fraction of sp³-hybridized carbons (Fsp3) is 0.294. The van der Waals surface area contributed by atoms with Gasteiger partial charge in [0.1, 0.15) is 5.76 Å². The van der Waals surface area contributed by atoms with Gasteiger partial charge in [-0.05, 0) is 31.5 Å². The number of anilines is 2. The maximum Gasteiger partial charge on any atom is 0.306 e. The quantitative estimate of drug-likeness (QED) is 0.715. The molecule has 0 aliphatic heterocycles. The molecule has 1 heterocycles. The number of carbonyl (C=O) groups is 3. The second-order valence-corrected chi connectivity index (χ2v) is 5.95. The summed E-state index contributed by atoms with van der Waals surface area (Å²) in [5, 5.41) is 9.17. The molecule has 1 aromatic carbocycles. The molecule has 0 saturated heterocycles. The van der Waals surface area contributed by atoms with Crippen LogP contribution in [-0.2, 0) is 19.1 Å². The van der Waals surface area contributed by atoms with Gasteiger partial charge in [0, 0.05) is 23.2 Å². The van der Waals surface area contributed by atoms with E-state index in [-0.39, 0.29) is 24.6 Å². The van der Waals surface area contributed by atoms with Gasteiger partial charge in [-0.15, -0.1) is 0 Å². The molecule has 138 valence electrons. The summed E-state index contributed by atoms with van der Waals surface area (Å²) in [7, 11) is 0. The smallest absolute Gasteiger partial charge is 0.306 e. The molecule has 9 heteroatoms. The monoisotopic (exact) mass is 379 g/mol. The van der Waals surface area contributed by atoms with Gasteiger partial charge in [0.05, 0.1) is 6.42 Å². The summed E-state index contributed by atoms with van der Waals surface area (Å²) in [6, 6.07) is 6.65. The molecular formula is C17H18ClN3O5. The number of rotatable bonds is 7. The van der Waals surface area contributed by atoms with Crippen LogP contribution in [0.4, 0.5) is 11.5 Å². The highest BCUT2D eigenvalue weighted by Gasteiger charge is 2.12. The molecule has 2 N–H and O–H groups in total. The Kier molecular flexibility index (Phi) is 6.74. The number of nitrogens with zero attached hydrogens (tertiary/aromatic N) is 1. The first kappa shape index (κ1) is 19.5. The minimum atomic E-state index is -0.659. The van der Waals surface area contributed by atoms with Crippen molar-refractivity contribution in [3.8, 4) is 0 Å². The van der Waals surface area contributed by atoms with E-state index in [4.69, 9.17) is 20.9 Å². The topological polar surface area (TPSA) is 111 Å². The lowest BCUT2D eigenvalue weighted by Crippen LogP contribution is -2.22. The normalized spacial score (nSPS) is 10.3. The van der Waals surface area contributed by atoms with Crippen LogP contribution in [0, 0.1) is 13.8 Å². The molecule has 0 radical (unpaired) electrons. The molecule has 0 saturated carbocycles. The van der Waals surface area contributed by atoms with Crippen LogP contribution in [0.25, 0.3) is 0 Å². The molecular weight excluding hydrogens is 362 g/mol. The average molecular weight is 380 g/mol. The Morgan fingerprint density at radius 2 is 1.88 bits per heavy atom. The van der Waals surface area contributed by atoms with Gasteiger partial charge < -0.3 is 19.9 Å². The summed E-state index contributed by atoms with van der Waals surface area (Å²) >= 11 is 5.98. The zero-order chi connectivity index (χ0) is 19.1. The first-order chi connectivity index (χ1) is 12.3. The zero-order valence-electron chi connectivity index (χ0n) is 14.3. The van der Waals surface area contributed by atoms with Gasteiger partial charge in [-0.1, -0.05) is 22.8 Å². The van der Waals surface area contributed by atoms with E-state index in [0.29, 0.717) is 16.5 Å². The Hall–Kier alpha value is -2.87. The van der Waals surface area contributed by atoms with Crippen molar-refractivity contribution in [1.82, 2.24) is 5.16 Å². The second-order valence-electron chi connectivity index (χ2n) is 5.54. The van der Waals surface area contributed by atoms with E-state index >= 15 is 0 Å². The molecule has 0 atom stereocenters. The fourth-order valence-electron chi connectivity index (χ4n) is 1.93. The maximum atomic E-state index is 11.8. The van der Waals surface area contributed by atoms with E-state index in [2.05, 4.69) is 15.8 Å². The Morgan fingerprint density at radius 1 is 1.12 bits per heavy atom. The first-order valence-corrected chi connectivity index (χ1v) is 8.16. The van der Waals surface area contributed by atoms with Crippen molar-refractivity contribution in [3.63, 3.8) is 0 Å². The van der Waals surface area contributed by atoms with Crippen LogP contribution in [0.3, 0.4) is 0 Å². The number of ether oxygens (including phenoxy) is 1. The highest BCUT2D eigenvalue weighted by Crippen LogP contribution is 2.20. The summed E-state index contributed by atoms with van der Waals surface area (Å²) in [6.07, 6.45) is -0.226. The predicted octanol–water partition coefficient (Wildman–Crippen LogP) is 2.85.